The molecule has 2 amide bonds. The molecule has 0 spiro atoms. The molecule has 0 saturated carbocycles. The second-order valence-electron chi connectivity index (χ2n) is 9.46. The van der Waals surface area contributed by atoms with Crippen LogP contribution in [0.1, 0.15) is 32.7 Å². The molecular formula is C28H26F3N3O3. The summed E-state index contributed by atoms with van der Waals surface area (Å²) in [4.78, 5) is 28.9. The molecule has 5 rings (SSSR count). The largest absolute Gasteiger partial charge is 0.416 e. The normalized spacial score (nSPS) is 18.2. The first kappa shape index (κ1) is 25.0. The number of benzene rings is 3. The lowest BCUT2D eigenvalue weighted by molar-refractivity contribution is -0.182. The first-order chi connectivity index (χ1) is 17.7. The van der Waals surface area contributed by atoms with Crippen molar-refractivity contribution in [3.8, 4) is 11.1 Å². The molecule has 37 heavy (non-hydrogen) atoms. The van der Waals surface area contributed by atoms with E-state index in [1.165, 1.54) is 11.1 Å². The number of halogens is 3. The van der Waals surface area contributed by atoms with E-state index in [2.05, 4.69) is 0 Å². The summed E-state index contributed by atoms with van der Waals surface area (Å²) in [6, 6.07) is 20.2. The second-order valence-corrected chi connectivity index (χ2v) is 9.46. The van der Waals surface area contributed by atoms with Crippen LogP contribution in [0.15, 0.2) is 78.9 Å². The van der Waals surface area contributed by atoms with E-state index >= 15 is 0 Å². The van der Waals surface area contributed by atoms with Crippen LogP contribution in [0.2, 0.25) is 0 Å². The smallest absolute Gasteiger partial charge is 0.337 e. The number of alkyl halides is 3. The third kappa shape index (κ3) is 5.23. The molecule has 2 saturated heterocycles. The molecule has 1 N–H and O–H groups in total. The first-order valence-corrected chi connectivity index (χ1v) is 12.1. The molecule has 3 aromatic carbocycles. The van der Waals surface area contributed by atoms with Gasteiger partial charge in [-0.1, -0.05) is 42.5 Å². The Morgan fingerprint density at radius 3 is 2.05 bits per heavy atom. The molecule has 9 heteroatoms. The van der Waals surface area contributed by atoms with Gasteiger partial charge in [-0.15, -0.1) is 0 Å². The van der Waals surface area contributed by atoms with Gasteiger partial charge in [0, 0.05) is 37.3 Å². The van der Waals surface area contributed by atoms with Crippen molar-refractivity contribution in [1.82, 2.24) is 14.9 Å². The number of likely N-dealkylation sites (tertiary alicyclic amines) is 2. The Kier molecular flexibility index (Phi) is 6.74. The maximum absolute atomic E-state index is 13.0. The van der Waals surface area contributed by atoms with Crippen LogP contribution in [0.25, 0.3) is 11.1 Å². The van der Waals surface area contributed by atoms with E-state index in [0.717, 1.165) is 12.1 Å². The summed E-state index contributed by atoms with van der Waals surface area (Å²) in [5.41, 5.74) is 1.33. The summed E-state index contributed by atoms with van der Waals surface area (Å²) in [6.45, 7) is 1.69. The number of amides is 2. The number of rotatable bonds is 5. The summed E-state index contributed by atoms with van der Waals surface area (Å²) < 4.78 is 39.0. The number of carbonyl (C=O) groups excluding carboxylic acids is 2. The van der Waals surface area contributed by atoms with Gasteiger partial charge in [0.1, 0.15) is 0 Å². The second kappa shape index (κ2) is 9.99. The van der Waals surface area contributed by atoms with Gasteiger partial charge in [0.25, 0.3) is 11.8 Å². The zero-order chi connectivity index (χ0) is 26.2. The molecule has 0 aliphatic carbocycles. The molecule has 2 aliphatic rings. The van der Waals surface area contributed by atoms with Crippen LogP contribution in [0.3, 0.4) is 0 Å². The van der Waals surface area contributed by atoms with Crippen LogP contribution in [0.5, 0.6) is 0 Å². The van der Waals surface area contributed by atoms with Crippen molar-refractivity contribution in [2.75, 3.05) is 26.2 Å². The molecule has 0 aromatic heterocycles. The number of carbonyl (C=O) groups is 2. The average molecular weight is 510 g/mol. The van der Waals surface area contributed by atoms with E-state index in [1.807, 2.05) is 18.2 Å². The molecule has 2 aliphatic heterocycles. The lowest BCUT2D eigenvalue weighted by atomic mass is 10.00. The van der Waals surface area contributed by atoms with E-state index in [9.17, 15) is 28.0 Å². The highest BCUT2D eigenvalue weighted by Gasteiger charge is 2.40. The van der Waals surface area contributed by atoms with Gasteiger partial charge in [-0.25, -0.2) is 0 Å². The van der Waals surface area contributed by atoms with Gasteiger partial charge in [-0.05, 0) is 53.9 Å². The van der Waals surface area contributed by atoms with Gasteiger partial charge in [0.2, 0.25) is 0 Å². The Hall–Kier alpha value is -3.69. The minimum absolute atomic E-state index is 0.0597. The average Bonchev–Trinajstić information content (AvgIpc) is 3.38. The fourth-order valence-electron chi connectivity index (χ4n) is 4.86. The Balaban J connectivity index is 1.15. The lowest BCUT2D eigenvalue weighted by Gasteiger charge is -2.44. The van der Waals surface area contributed by atoms with Crippen molar-refractivity contribution in [1.29, 1.82) is 0 Å². The molecule has 0 radical (unpaired) electrons. The van der Waals surface area contributed by atoms with Crippen molar-refractivity contribution in [2.24, 2.45) is 0 Å². The Morgan fingerprint density at radius 2 is 1.38 bits per heavy atom. The Labute approximate surface area is 212 Å². The van der Waals surface area contributed by atoms with Crippen LogP contribution in [-0.2, 0) is 6.18 Å². The highest BCUT2D eigenvalue weighted by molar-refractivity contribution is 5.95. The van der Waals surface area contributed by atoms with E-state index in [1.54, 1.807) is 52.3 Å². The van der Waals surface area contributed by atoms with Gasteiger partial charge in [0.05, 0.1) is 17.6 Å². The standard InChI is InChI=1S/C28H26F3N3O3/c29-28(30,31)23-8-4-7-22(15-23)19-9-11-21(12-10-19)27(36)33-17-25(18-33)34(37)24-13-14-32(16-24)26(35)20-5-2-1-3-6-20/h1-12,15,24-25,37H,13-14,16-18H2/t24-/m0/s1. The van der Waals surface area contributed by atoms with Crippen LogP contribution >= 0.6 is 0 Å². The Morgan fingerprint density at radius 1 is 0.757 bits per heavy atom. The zero-order valence-electron chi connectivity index (χ0n) is 19.9. The lowest BCUT2D eigenvalue weighted by Crippen LogP contribution is -2.62. The number of nitrogens with zero attached hydrogens (tertiary/aromatic N) is 3. The molecule has 0 unspecified atom stereocenters. The highest BCUT2D eigenvalue weighted by Crippen LogP contribution is 2.32. The van der Waals surface area contributed by atoms with Crippen molar-refractivity contribution in [2.45, 2.75) is 24.7 Å². The summed E-state index contributed by atoms with van der Waals surface area (Å²) >= 11 is 0. The maximum atomic E-state index is 13.0. The minimum atomic E-state index is -4.42. The van der Waals surface area contributed by atoms with E-state index in [-0.39, 0.29) is 23.9 Å². The number of hydrogen-bond donors (Lipinski definition) is 1. The summed E-state index contributed by atoms with van der Waals surface area (Å²) in [6.07, 6.45) is -3.77. The summed E-state index contributed by atoms with van der Waals surface area (Å²) in [7, 11) is 0. The van der Waals surface area contributed by atoms with E-state index < -0.39 is 11.7 Å². The van der Waals surface area contributed by atoms with Crippen molar-refractivity contribution in [3.63, 3.8) is 0 Å². The molecule has 192 valence electrons. The molecule has 6 nitrogen and oxygen atoms in total. The van der Waals surface area contributed by atoms with E-state index in [0.29, 0.717) is 54.9 Å². The molecule has 3 aromatic rings. The van der Waals surface area contributed by atoms with Crippen molar-refractivity contribution >= 4 is 11.8 Å². The Bertz CT molecular complexity index is 1280. The van der Waals surface area contributed by atoms with Crippen LogP contribution in [-0.4, -0.2) is 70.1 Å². The predicted octanol–water partition coefficient (Wildman–Crippen LogP) is 4.80. The van der Waals surface area contributed by atoms with Gasteiger partial charge >= 0.3 is 6.18 Å². The van der Waals surface area contributed by atoms with Crippen LogP contribution in [0, 0.1) is 0 Å². The number of hydroxylamine groups is 2. The number of hydrogen-bond acceptors (Lipinski definition) is 4. The van der Waals surface area contributed by atoms with Crippen molar-refractivity contribution in [3.05, 3.63) is 95.6 Å². The van der Waals surface area contributed by atoms with Gasteiger partial charge < -0.3 is 15.0 Å². The fraction of sp³-hybridized carbons (Fsp3) is 0.286. The summed E-state index contributed by atoms with van der Waals surface area (Å²) in [5, 5.41) is 12.0. The van der Waals surface area contributed by atoms with Crippen molar-refractivity contribution < 1.29 is 28.0 Å². The summed E-state index contributed by atoms with van der Waals surface area (Å²) in [5.74, 6) is -0.261. The molecule has 0 bridgehead atoms. The maximum Gasteiger partial charge on any atom is 0.416 e. The molecular weight excluding hydrogens is 483 g/mol. The topological polar surface area (TPSA) is 64.1 Å². The van der Waals surface area contributed by atoms with E-state index in [4.69, 9.17) is 0 Å². The fourth-order valence-corrected chi connectivity index (χ4v) is 4.86. The van der Waals surface area contributed by atoms with Gasteiger partial charge in [-0.3, -0.25) is 9.59 Å². The van der Waals surface area contributed by atoms with Gasteiger partial charge in [0.15, 0.2) is 0 Å². The third-order valence-corrected chi connectivity index (χ3v) is 7.02. The zero-order valence-corrected chi connectivity index (χ0v) is 19.9. The van der Waals surface area contributed by atoms with Crippen LogP contribution in [0.4, 0.5) is 13.2 Å². The monoisotopic (exact) mass is 509 g/mol. The SMILES string of the molecule is O=C(c1ccc(-c2cccc(C(F)(F)F)c2)cc1)N1CC(N(O)[C@H]2CCN(C(=O)c3ccccc3)C2)C1. The molecule has 2 heterocycles. The molecule has 2 fully saturated rings. The quantitative estimate of drug-likeness (QED) is 0.502. The molecule has 1 atom stereocenters. The highest BCUT2D eigenvalue weighted by atomic mass is 19.4. The predicted molar refractivity (Wildman–Crippen MR) is 131 cm³/mol. The van der Waals surface area contributed by atoms with Crippen LogP contribution < -0.4 is 0 Å². The van der Waals surface area contributed by atoms with Gasteiger partial charge in [-0.2, -0.15) is 18.2 Å². The minimum Gasteiger partial charge on any atom is -0.337 e. The first-order valence-electron chi connectivity index (χ1n) is 12.1. The third-order valence-electron chi connectivity index (χ3n) is 7.02.